The Labute approximate surface area is 129 Å². The van der Waals surface area contributed by atoms with Crippen molar-refractivity contribution in [3.63, 3.8) is 0 Å². The van der Waals surface area contributed by atoms with Crippen LogP contribution in [-0.2, 0) is 4.79 Å². The standard InChI is InChI=1S/C16H21N3OS/c1-12(15-8-6-10-21-15)18-16(20)11-19(3)13(2)14-7-4-5-9-17-14/h4-10,12-13H,11H2,1-3H3,(H,18,20)/t12-,13+/m1/s1. The molecule has 0 saturated carbocycles. The normalized spacial score (nSPS) is 13.9. The first-order chi connectivity index (χ1) is 10.1. The van der Waals surface area contributed by atoms with Crippen LogP contribution in [0.5, 0.6) is 0 Å². The third-order valence-corrected chi connectivity index (χ3v) is 4.57. The third kappa shape index (κ3) is 4.37. The van der Waals surface area contributed by atoms with Crippen LogP contribution >= 0.6 is 11.3 Å². The van der Waals surface area contributed by atoms with Gasteiger partial charge >= 0.3 is 0 Å². The molecule has 2 aromatic rings. The minimum absolute atomic E-state index is 0.0289. The second-order valence-electron chi connectivity index (χ2n) is 5.15. The Morgan fingerprint density at radius 3 is 2.76 bits per heavy atom. The number of likely N-dealkylation sites (N-methyl/N-ethyl adjacent to an activating group) is 1. The molecule has 0 radical (unpaired) electrons. The lowest BCUT2D eigenvalue weighted by Gasteiger charge is -2.24. The number of nitrogens with zero attached hydrogens (tertiary/aromatic N) is 2. The monoisotopic (exact) mass is 303 g/mol. The van der Waals surface area contributed by atoms with E-state index >= 15 is 0 Å². The largest absolute Gasteiger partial charge is 0.348 e. The van der Waals surface area contributed by atoms with Crippen LogP contribution in [0.1, 0.15) is 36.5 Å². The summed E-state index contributed by atoms with van der Waals surface area (Å²) in [6.45, 7) is 4.41. The van der Waals surface area contributed by atoms with Gasteiger partial charge in [-0.05, 0) is 44.5 Å². The van der Waals surface area contributed by atoms with Gasteiger partial charge in [-0.25, -0.2) is 0 Å². The molecule has 2 atom stereocenters. The van der Waals surface area contributed by atoms with E-state index in [9.17, 15) is 4.79 Å². The minimum Gasteiger partial charge on any atom is -0.348 e. The van der Waals surface area contributed by atoms with E-state index in [1.54, 1.807) is 17.5 Å². The summed E-state index contributed by atoms with van der Waals surface area (Å²) in [7, 11) is 1.94. The second kappa shape index (κ2) is 7.33. The molecule has 2 heterocycles. The zero-order valence-electron chi connectivity index (χ0n) is 12.6. The topological polar surface area (TPSA) is 45.2 Å². The van der Waals surface area contributed by atoms with Gasteiger partial charge in [-0.15, -0.1) is 11.3 Å². The first-order valence-electron chi connectivity index (χ1n) is 7.02. The average molecular weight is 303 g/mol. The summed E-state index contributed by atoms with van der Waals surface area (Å²) in [6, 6.07) is 10.0. The van der Waals surface area contributed by atoms with E-state index in [1.165, 1.54) is 4.88 Å². The Balaban J connectivity index is 1.87. The second-order valence-corrected chi connectivity index (χ2v) is 6.13. The molecule has 0 saturated heterocycles. The summed E-state index contributed by atoms with van der Waals surface area (Å²) in [6.07, 6.45) is 1.78. The Bertz CT molecular complexity index is 556. The van der Waals surface area contributed by atoms with E-state index in [2.05, 4.69) is 17.2 Å². The maximum Gasteiger partial charge on any atom is 0.234 e. The van der Waals surface area contributed by atoms with Crippen molar-refractivity contribution in [2.24, 2.45) is 0 Å². The fourth-order valence-electron chi connectivity index (χ4n) is 2.11. The van der Waals surface area contributed by atoms with Gasteiger partial charge in [0, 0.05) is 17.1 Å². The van der Waals surface area contributed by atoms with E-state index in [1.807, 2.05) is 54.6 Å². The zero-order chi connectivity index (χ0) is 15.2. The molecule has 0 bridgehead atoms. The number of rotatable bonds is 6. The molecule has 0 aromatic carbocycles. The smallest absolute Gasteiger partial charge is 0.234 e. The van der Waals surface area contributed by atoms with Gasteiger partial charge in [0.15, 0.2) is 0 Å². The number of pyridine rings is 1. The predicted molar refractivity (Wildman–Crippen MR) is 86.2 cm³/mol. The SMILES string of the molecule is C[C@@H](NC(=O)CN(C)[C@@H](C)c1ccccn1)c1cccs1. The quantitative estimate of drug-likeness (QED) is 0.892. The highest BCUT2D eigenvalue weighted by atomic mass is 32.1. The predicted octanol–water partition coefficient (Wildman–Crippen LogP) is 3.01. The molecule has 5 heteroatoms. The lowest BCUT2D eigenvalue weighted by molar-refractivity contribution is -0.123. The van der Waals surface area contributed by atoms with Crippen LogP contribution in [0.2, 0.25) is 0 Å². The lowest BCUT2D eigenvalue weighted by Crippen LogP contribution is -2.37. The van der Waals surface area contributed by atoms with Crippen molar-refractivity contribution in [1.29, 1.82) is 0 Å². The average Bonchev–Trinajstić information content (AvgIpc) is 3.01. The van der Waals surface area contributed by atoms with Crippen molar-refractivity contribution in [3.05, 3.63) is 52.5 Å². The molecule has 4 nitrogen and oxygen atoms in total. The van der Waals surface area contributed by atoms with Crippen LogP contribution in [0.15, 0.2) is 41.9 Å². The third-order valence-electron chi connectivity index (χ3n) is 3.52. The maximum atomic E-state index is 12.1. The Morgan fingerprint density at radius 1 is 1.33 bits per heavy atom. The fourth-order valence-corrected chi connectivity index (χ4v) is 2.84. The van der Waals surface area contributed by atoms with E-state index in [0.29, 0.717) is 6.54 Å². The highest BCUT2D eigenvalue weighted by molar-refractivity contribution is 7.10. The van der Waals surface area contributed by atoms with Crippen LogP contribution in [0.3, 0.4) is 0 Å². The molecule has 0 aliphatic rings. The molecule has 112 valence electrons. The molecule has 21 heavy (non-hydrogen) atoms. The lowest BCUT2D eigenvalue weighted by atomic mass is 10.2. The van der Waals surface area contributed by atoms with Gasteiger partial charge in [-0.2, -0.15) is 0 Å². The highest BCUT2D eigenvalue weighted by Crippen LogP contribution is 2.19. The number of nitrogens with one attached hydrogen (secondary N) is 1. The van der Waals surface area contributed by atoms with Gasteiger partial charge in [-0.3, -0.25) is 14.7 Å². The van der Waals surface area contributed by atoms with Gasteiger partial charge in [0.05, 0.1) is 18.3 Å². The van der Waals surface area contributed by atoms with E-state index < -0.39 is 0 Å². The summed E-state index contributed by atoms with van der Waals surface area (Å²) in [5.41, 5.74) is 0.971. The van der Waals surface area contributed by atoms with Gasteiger partial charge < -0.3 is 5.32 Å². The number of thiophene rings is 1. The molecule has 2 rings (SSSR count). The number of amides is 1. The van der Waals surface area contributed by atoms with Crippen molar-refractivity contribution < 1.29 is 4.79 Å². The number of hydrogen-bond donors (Lipinski definition) is 1. The zero-order valence-corrected chi connectivity index (χ0v) is 13.4. The molecule has 1 N–H and O–H groups in total. The Morgan fingerprint density at radius 2 is 2.14 bits per heavy atom. The van der Waals surface area contributed by atoms with Crippen LogP contribution in [0.4, 0.5) is 0 Å². The first-order valence-corrected chi connectivity index (χ1v) is 7.90. The van der Waals surface area contributed by atoms with E-state index in [4.69, 9.17) is 0 Å². The fraction of sp³-hybridized carbons (Fsp3) is 0.375. The van der Waals surface area contributed by atoms with Crippen molar-refractivity contribution >= 4 is 17.2 Å². The summed E-state index contributed by atoms with van der Waals surface area (Å²) in [5, 5.41) is 5.05. The Kier molecular flexibility index (Phi) is 5.47. The van der Waals surface area contributed by atoms with Crippen molar-refractivity contribution in [2.45, 2.75) is 25.9 Å². The molecular formula is C16H21N3OS. The van der Waals surface area contributed by atoms with Crippen LogP contribution in [0.25, 0.3) is 0 Å². The Hall–Kier alpha value is -1.72. The van der Waals surface area contributed by atoms with Gasteiger partial charge in [0.2, 0.25) is 5.91 Å². The molecular weight excluding hydrogens is 282 g/mol. The highest BCUT2D eigenvalue weighted by Gasteiger charge is 2.17. The number of aromatic nitrogens is 1. The van der Waals surface area contributed by atoms with E-state index in [-0.39, 0.29) is 18.0 Å². The molecule has 1 amide bonds. The molecule has 2 aromatic heterocycles. The number of carbonyl (C=O) groups excluding carboxylic acids is 1. The van der Waals surface area contributed by atoms with Crippen LogP contribution in [0, 0.1) is 0 Å². The van der Waals surface area contributed by atoms with Gasteiger partial charge in [0.1, 0.15) is 0 Å². The molecule has 0 unspecified atom stereocenters. The molecule has 0 aliphatic carbocycles. The van der Waals surface area contributed by atoms with Crippen molar-refractivity contribution in [1.82, 2.24) is 15.2 Å². The van der Waals surface area contributed by atoms with Gasteiger partial charge in [0.25, 0.3) is 0 Å². The summed E-state index contributed by atoms with van der Waals surface area (Å²) in [4.78, 5) is 19.6. The maximum absolute atomic E-state index is 12.1. The summed E-state index contributed by atoms with van der Waals surface area (Å²) < 4.78 is 0. The van der Waals surface area contributed by atoms with Crippen molar-refractivity contribution in [2.75, 3.05) is 13.6 Å². The molecule has 0 spiro atoms. The number of hydrogen-bond acceptors (Lipinski definition) is 4. The summed E-state index contributed by atoms with van der Waals surface area (Å²) >= 11 is 1.66. The molecule has 0 fully saturated rings. The first kappa shape index (κ1) is 15.7. The molecule has 0 aliphatic heterocycles. The summed E-state index contributed by atoms with van der Waals surface area (Å²) in [5.74, 6) is 0.0289. The van der Waals surface area contributed by atoms with Crippen LogP contribution < -0.4 is 5.32 Å². The van der Waals surface area contributed by atoms with Crippen LogP contribution in [-0.4, -0.2) is 29.4 Å². The van der Waals surface area contributed by atoms with E-state index in [0.717, 1.165) is 5.69 Å². The van der Waals surface area contributed by atoms with Gasteiger partial charge in [-0.1, -0.05) is 12.1 Å². The number of carbonyl (C=O) groups is 1. The van der Waals surface area contributed by atoms with Crippen molar-refractivity contribution in [3.8, 4) is 0 Å². The minimum atomic E-state index is 0.0289.